The molecule has 2 aromatic carbocycles. The van der Waals surface area contributed by atoms with Crippen molar-refractivity contribution in [2.75, 3.05) is 13.1 Å². The van der Waals surface area contributed by atoms with Crippen LogP contribution in [0.2, 0.25) is 0 Å². The van der Waals surface area contributed by atoms with E-state index >= 15 is 0 Å². The molecule has 9 nitrogen and oxygen atoms in total. The van der Waals surface area contributed by atoms with Gasteiger partial charge in [-0.3, -0.25) is 14.4 Å². The number of carboxylic acid groups (broad SMARTS) is 1. The zero-order valence-electron chi connectivity index (χ0n) is 21.2. The molecule has 0 radical (unpaired) electrons. The molecular formula is C27H26F3N5O4. The SMILES string of the molecule is CCn1c(-c2nc3cc(C(=O)N4CC(NC(=O)C(F)(F)F)CC(C(=O)O)C4)ccc3n2C)cc2ccccc21. The molecule has 12 heteroatoms. The van der Waals surface area contributed by atoms with Crippen LogP contribution in [0.15, 0.2) is 48.5 Å². The van der Waals surface area contributed by atoms with E-state index in [1.54, 1.807) is 18.2 Å². The molecular weight excluding hydrogens is 515 g/mol. The Morgan fingerprint density at radius 2 is 1.82 bits per heavy atom. The fraction of sp³-hybridized carbons (Fsp3) is 0.333. The van der Waals surface area contributed by atoms with E-state index in [0.29, 0.717) is 11.3 Å². The summed E-state index contributed by atoms with van der Waals surface area (Å²) in [5.74, 6) is -4.40. The number of alkyl halides is 3. The fourth-order valence-corrected chi connectivity index (χ4v) is 5.30. The molecule has 39 heavy (non-hydrogen) atoms. The minimum absolute atomic E-state index is 0.186. The number of benzene rings is 2. The average Bonchev–Trinajstić information content (AvgIpc) is 3.44. The standard InChI is InChI=1S/C27H26F3N5O4/c1-3-35-20-7-5-4-6-15(20)12-22(35)23-32-19-11-16(8-9-21(19)33(23)2)24(36)34-13-17(25(37)38)10-18(14-34)31-26(39)27(28,29)30/h4-9,11-12,17-18H,3,10,13-14H2,1-2H3,(H,31,39)(H,37,38). The van der Waals surface area contributed by atoms with E-state index < -0.39 is 35.9 Å². The number of para-hydroxylation sites is 1. The first-order valence-corrected chi connectivity index (χ1v) is 12.4. The Morgan fingerprint density at radius 1 is 1.08 bits per heavy atom. The van der Waals surface area contributed by atoms with Gasteiger partial charge >= 0.3 is 18.1 Å². The number of carbonyl (C=O) groups excluding carboxylic acids is 2. The molecule has 5 rings (SSSR count). The number of nitrogens with one attached hydrogen (secondary N) is 1. The van der Waals surface area contributed by atoms with Crippen molar-refractivity contribution in [3.8, 4) is 11.5 Å². The zero-order valence-corrected chi connectivity index (χ0v) is 21.2. The maximum atomic E-state index is 13.4. The summed E-state index contributed by atoms with van der Waals surface area (Å²) in [6, 6.07) is 13.8. The molecule has 2 amide bonds. The molecule has 1 aliphatic heterocycles. The lowest BCUT2D eigenvalue weighted by Gasteiger charge is -2.36. The topological polar surface area (TPSA) is 109 Å². The van der Waals surface area contributed by atoms with Crippen LogP contribution in [-0.4, -0.2) is 67.2 Å². The summed E-state index contributed by atoms with van der Waals surface area (Å²) in [4.78, 5) is 42.5. The van der Waals surface area contributed by atoms with E-state index in [1.165, 1.54) is 4.90 Å². The van der Waals surface area contributed by atoms with Crippen LogP contribution >= 0.6 is 0 Å². The molecule has 1 saturated heterocycles. The van der Waals surface area contributed by atoms with Crippen LogP contribution in [0.5, 0.6) is 0 Å². The van der Waals surface area contributed by atoms with E-state index in [4.69, 9.17) is 4.98 Å². The first-order chi connectivity index (χ1) is 18.5. The van der Waals surface area contributed by atoms with E-state index in [0.717, 1.165) is 28.7 Å². The summed E-state index contributed by atoms with van der Waals surface area (Å²) in [7, 11) is 1.87. The van der Waals surface area contributed by atoms with Crippen molar-refractivity contribution in [2.45, 2.75) is 32.1 Å². The van der Waals surface area contributed by atoms with Crippen LogP contribution in [0.1, 0.15) is 23.7 Å². The molecule has 2 aromatic heterocycles. The molecule has 0 bridgehead atoms. The van der Waals surface area contributed by atoms with E-state index in [2.05, 4.69) is 10.6 Å². The van der Waals surface area contributed by atoms with Crippen LogP contribution in [-0.2, 0) is 23.2 Å². The number of nitrogens with zero attached hydrogens (tertiary/aromatic N) is 4. The van der Waals surface area contributed by atoms with Gasteiger partial charge in [-0.05, 0) is 43.7 Å². The Bertz CT molecular complexity index is 1610. The number of imidazole rings is 1. The number of aromatic nitrogens is 3. The molecule has 2 unspecified atom stereocenters. The largest absolute Gasteiger partial charge is 0.481 e. The molecule has 3 heterocycles. The van der Waals surface area contributed by atoms with Crippen LogP contribution in [0.25, 0.3) is 33.5 Å². The number of hydrogen-bond donors (Lipinski definition) is 2. The minimum Gasteiger partial charge on any atom is -0.481 e. The lowest BCUT2D eigenvalue weighted by molar-refractivity contribution is -0.175. The van der Waals surface area contributed by atoms with Gasteiger partial charge < -0.3 is 24.5 Å². The summed E-state index contributed by atoms with van der Waals surface area (Å²) in [5, 5.41) is 12.4. The first kappa shape index (κ1) is 26.3. The summed E-state index contributed by atoms with van der Waals surface area (Å²) in [6.07, 6.45) is -5.33. The van der Waals surface area contributed by atoms with Gasteiger partial charge in [0.25, 0.3) is 5.91 Å². The Morgan fingerprint density at radius 3 is 2.51 bits per heavy atom. The molecule has 0 aliphatic carbocycles. The van der Waals surface area contributed by atoms with E-state index in [-0.39, 0.29) is 25.1 Å². The van der Waals surface area contributed by atoms with Crippen molar-refractivity contribution in [3.63, 3.8) is 0 Å². The number of aliphatic carboxylic acids is 1. The second-order valence-electron chi connectivity index (χ2n) is 9.68. The van der Waals surface area contributed by atoms with Crippen LogP contribution in [0, 0.1) is 5.92 Å². The maximum absolute atomic E-state index is 13.4. The number of amides is 2. The predicted octanol–water partition coefficient (Wildman–Crippen LogP) is 3.81. The Balaban J connectivity index is 1.46. The van der Waals surface area contributed by atoms with Gasteiger partial charge in [0.05, 0.1) is 22.6 Å². The Hall–Kier alpha value is -4.35. The molecule has 1 fully saturated rings. The zero-order chi connectivity index (χ0) is 28.1. The van der Waals surface area contributed by atoms with Crippen molar-refractivity contribution in [2.24, 2.45) is 13.0 Å². The van der Waals surface area contributed by atoms with Crippen molar-refractivity contribution in [1.82, 2.24) is 24.3 Å². The lowest BCUT2D eigenvalue weighted by atomic mass is 9.93. The third kappa shape index (κ3) is 4.82. The normalized spacial score (nSPS) is 18.0. The number of carboxylic acids is 1. The summed E-state index contributed by atoms with van der Waals surface area (Å²) in [6.45, 7) is 2.34. The number of likely N-dealkylation sites (tertiary alicyclic amines) is 1. The lowest BCUT2D eigenvalue weighted by Crippen LogP contribution is -2.55. The van der Waals surface area contributed by atoms with Gasteiger partial charge in [0.2, 0.25) is 0 Å². The smallest absolute Gasteiger partial charge is 0.471 e. The monoisotopic (exact) mass is 541 g/mol. The van der Waals surface area contributed by atoms with Gasteiger partial charge in [-0.15, -0.1) is 0 Å². The van der Waals surface area contributed by atoms with Gasteiger partial charge in [-0.2, -0.15) is 13.2 Å². The molecule has 204 valence electrons. The summed E-state index contributed by atoms with van der Waals surface area (Å²) < 4.78 is 42.4. The highest BCUT2D eigenvalue weighted by Crippen LogP contribution is 2.31. The van der Waals surface area contributed by atoms with Crippen molar-refractivity contribution in [1.29, 1.82) is 0 Å². The van der Waals surface area contributed by atoms with Crippen molar-refractivity contribution >= 4 is 39.7 Å². The Labute approximate surface area is 220 Å². The number of fused-ring (bicyclic) bond motifs is 2. The third-order valence-electron chi connectivity index (χ3n) is 7.16. The Kier molecular flexibility index (Phi) is 6.57. The molecule has 1 aliphatic rings. The number of carbonyl (C=O) groups is 3. The number of hydrogen-bond acceptors (Lipinski definition) is 4. The minimum atomic E-state index is -5.11. The first-order valence-electron chi connectivity index (χ1n) is 12.4. The van der Waals surface area contributed by atoms with Gasteiger partial charge in [-0.25, -0.2) is 4.98 Å². The van der Waals surface area contributed by atoms with Gasteiger partial charge in [0.1, 0.15) is 0 Å². The average molecular weight is 542 g/mol. The van der Waals surface area contributed by atoms with Crippen LogP contribution < -0.4 is 5.32 Å². The summed E-state index contributed by atoms with van der Waals surface area (Å²) >= 11 is 0. The van der Waals surface area contributed by atoms with Crippen LogP contribution in [0.4, 0.5) is 13.2 Å². The fourth-order valence-electron chi connectivity index (χ4n) is 5.30. The predicted molar refractivity (Wildman–Crippen MR) is 137 cm³/mol. The molecule has 2 N–H and O–H groups in total. The number of aryl methyl sites for hydroxylation is 2. The quantitative estimate of drug-likeness (QED) is 0.400. The summed E-state index contributed by atoms with van der Waals surface area (Å²) in [5.41, 5.74) is 3.51. The molecule has 0 spiro atoms. The highest BCUT2D eigenvalue weighted by molar-refractivity contribution is 5.98. The van der Waals surface area contributed by atoms with Gasteiger partial charge in [-0.1, -0.05) is 18.2 Å². The van der Waals surface area contributed by atoms with Gasteiger partial charge in [0.15, 0.2) is 5.82 Å². The van der Waals surface area contributed by atoms with E-state index in [1.807, 2.05) is 48.1 Å². The second-order valence-corrected chi connectivity index (χ2v) is 9.68. The van der Waals surface area contributed by atoms with Gasteiger partial charge in [0, 0.05) is 49.2 Å². The number of rotatable bonds is 5. The number of piperidine rings is 1. The maximum Gasteiger partial charge on any atom is 0.471 e. The molecule has 0 saturated carbocycles. The highest BCUT2D eigenvalue weighted by atomic mass is 19.4. The highest BCUT2D eigenvalue weighted by Gasteiger charge is 2.42. The second kappa shape index (κ2) is 9.75. The van der Waals surface area contributed by atoms with Crippen molar-refractivity contribution in [3.05, 3.63) is 54.1 Å². The third-order valence-corrected chi connectivity index (χ3v) is 7.16. The number of halogens is 3. The molecule has 4 aromatic rings. The van der Waals surface area contributed by atoms with Crippen molar-refractivity contribution < 1.29 is 32.7 Å². The van der Waals surface area contributed by atoms with Crippen LogP contribution in [0.3, 0.4) is 0 Å². The molecule has 2 atom stereocenters. The van der Waals surface area contributed by atoms with E-state index in [9.17, 15) is 32.7 Å².